The zero-order valence-corrected chi connectivity index (χ0v) is 13.4. The Morgan fingerprint density at radius 2 is 1.62 bits per heavy atom. The second-order valence-electron chi connectivity index (χ2n) is 6.82. The Kier molecular flexibility index (Phi) is 4.51. The van der Waals surface area contributed by atoms with Crippen LogP contribution in [-0.2, 0) is 6.54 Å². The highest BCUT2D eigenvalue weighted by atomic mass is 16.3. The van der Waals surface area contributed by atoms with Crippen LogP contribution in [0.2, 0.25) is 0 Å². The molecule has 0 spiro atoms. The highest BCUT2D eigenvalue weighted by Gasteiger charge is 2.26. The number of nitrogens with zero attached hydrogens (tertiary/aromatic N) is 2. The van der Waals surface area contributed by atoms with Crippen molar-refractivity contribution < 1.29 is 5.11 Å². The van der Waals surface area contributed by atoms with E-state index in [-0.39, 0.29) is 0 Å². The maximum atomic E-state index is 10.1. The van der Waals surface area contributed by atoms with E-state index in [1.54, 1.807) is 0 Å². The first-order valence-corrected chi connectivity index (χ1v) is 8.39. The van der Waals surface area contributed by atoms with E-state index in [1.807, 2.05) is 6.07 Å². The number of phenols is 1. The van der Waals surface area contributed by atoms with Crippen LogP contribution in [0.3, 0.4) is 0 Å². The number of aryl methyl sites for hydroxylation is 2. The van der Waals surface area contributed by atoms with Crippen molar-refractivity contribution in [1.29, 1.82) is 0 Å². The summed E-state index contributed by atoms with van der Waals surface area (Å²) in [6, 6.07) is 4.90. The van der Waals surface area contributed by atoms with Crippen LogP contribution in [-0.4, -0.2) is 47.1 Å². The van der Waals surface area contributed by atoms with Crippen LogP contribution in [0.4, 0.5) is 0 Å². The van der Waals surface area contributed by atoms with Gasteiger partial charge in [-0.05, 0) is 43.9 Å². The van der Waals surface area contributed by atoms with Crippen molar-refractivity contribution in [2.24, 2.45) is 0 Å². The molecule has 3 rings (SSSR count). The monoisotopic (exact) mass is 288 g/mol. The second-order valence-corrected chi connectivity index (χ2v) is 6.82. The van der Waals surface area contributed by atoms with E-state index in [2.05, 4.69) is 29.7 Å². The van der Waals surface area contributed by atoms with Gasteiger partial charge in [-0.3, -0.25) is 9.80 Å². The number of rotatable bonds is 3. The SMILES string of the molecule is Cc1cc(O)c(CN2CCN(C3CCCC3)CC2)cc1C. The number of phenolic OH excluding ortho intramolecular Hbond substituents is 1. The van der Waals surface area contributed by atoms with Gasteiger partial charge in [0.2, 0.25) is 0 Å². The van der Waals surface area contributed by atoms with Crippen molar-refractivity contribution in [3.63, 3.8) is 0 Å². The van der Waals surface area contributed by atoms with Crippen LogP contribution in [0.15, 0.2) is 12.1 Å². The lowest BCUT2D eigenvalue weighted by Gasteiger charge is -2.38. The Bertz CT molecular complexity index is 486. The molecule has 1 saturated heterocycles. The van der Waals surface area contributed by atoms with Gasteiger partial charge in [-0.2, -0.15) is 0 Å². The molecule has 0 radical (unpaired) electrons. The zero-order chi connectivity index (χ0) is 14.8. The molecule has 0 amide bonds. The molecular formula is C18H28N2O. The summed E-state index contributed by atoms with van der Waals surface area (Å²) in [4.78, 5) is 5.17. The van der Waals surface area contributed by atoms with Crippen molar-refractivity contribution >= 4 is 0 Å². The number of aromatic hydroxyl groups is 1. The predicted molar refractivity (Wildman–Crippen MR) is 86.7 cm³/mol. The molecule has 1 aromatic rings. The summed E-state index contributed by atoms with van der Waals surface area (Å²) in [6.45, 7) is 9.69. The van der Waals surface area contributed by atoms with Gasteiger partial charge in [-0.25, -0.2) is 0 Å². The van der Waals surface area contributed by atoms with E-state index in [0.29, 0.717) is 5.75 Å². The molecule has 1 heterocycles. The highest BCUT2D eigenvalue weighted by molar-refractivity contribution is 5.40. The molecule has 2 aliphatic rings. The van der Waals surface area contributed by atoms with E-state index in [0.717, 1.165) is 31.2 Å². The molecule has 0 bridgehead atoms. The first kappa shape index (κ1) is 14.9. The minimum Gasteiger partial charge on any atom is -0.508 e. The Labute approximate surface area is 128 Å². The molecule has 1 aliphatic heterocycles. The normalized spacial score (nSPS) is 22.0. The number of hydrogen-bond donors (Lipinski definition) is 1. The minimum atomic E-state index is 0.455. The average Bonchev–Trinajstić information content (AvgIpc) is 3.00. The van der Waals surface area contributed by atoms with Crippen molar-refractivity contribution in [2.45, 2.75) is 52.1 Å². The highest BCUT2D eigenvalue weighted by Crippen LogP contribution is 2.26. The lowest BCUT2D eigenvalue weighted by molar-refractivity contribution is 0.0932. The van der Waals surface area contributed by atoms with Crippen LogP contribution in [0.25, 0.3) is 0 Å². The molecular weight excluding hydrogens is 260 g/mol. The predicted octanol–water partition coefficient (Wildman–Crippen LogP) is 3.07. The van der Waals surface area contributed by atoms with Gasteiger partial charge in [0.15, 0.2) is 0 Å². The summed E-state index contributed by atoms with van der Waals surface area (Å²) >= 11 is 0. The van der Waals surface area contributed by atoms with Gasteiger partial charge in [0.25, 0.3) is 0 Å². The quantitative estimate of drug-likeness (QED) is 0.926. The molecule has 1 saturated carbocycles. The molecule has 21 heavy (non-hydrogen) atoms. The Balaban J connectivity index is 1.56. The van der Waals surface area contributed by atoms with Gasteiger partial charge in [-0.15, -0.1) is 0 Å². The van der Waals surface area contributed by atoms with Gasteiger partial charge < -0.3 is 5.11 Å². The molecule has 1 aliphatic carbocycles. The molecule has 2 fully saturated rings. The maximum Gasteiger partial charge on any atom is 0.120 e. The third kappa shape index (κ3) is 3.41. The molecule has 1 aromatic carbocycles. The molecule has 3 heteroatoms. The summed E-state index contributed by atoms with van der Waals surface area (Å²) < 4.78 is 0. The molecule has 0 unspecified atom stereocenters. The minimum absolute atomic E-state index is 0.455. The van der Waals surface area contributed by atoms with Crippen molar-refractivity contribution in [2.75, 3.05) is 26.2 Å². The van der Waals surface area contributed by atoms with E-state index in [9.17, 15) is 5.11 Å². The zero-order valence-electron chi connectivity index (χ0n) is 13.4. The summed E-state index contributed by atoms with van der Waals surface area (Å²) in [5.41, 5.74) is 3.52. The van der Waals surface area contributed by atoms with Gasteiger partial charge >= 0.3 is 0 Å². The van der Waals surface area contributed by atoms with E-state index in [1.165, 1.54) is 49.9 Å². The fourth-order valence-corrected chi connectivity index (χ4v) is 3.78. The lowest BCUT2D eigenvalue weighted by Crippen LogP contribution is -2.49. The van der Waals surface area contributed by atoms with Gasteiger partial charge in [0.1, 0.15) is 5.75 Å². The van der Waals surface area contributed by atoms with Crippen molar-refractivity contribution in [1.82, 2.24) is 9.80 Å². The van der Waals surface area contributed by atoms with Gasteiger partial charge in [0, 0.05) is 44.3 Å². The van der Waals surface area contributed by atoms with Crippen LogP contribution in [0, 0.1) is 13.8 Å². The Morgan fingerprint density at radius 1 is 1.00 bits per heavy atom. The van der Waals surface area contributed by atoms with Crippen LogP contribution >= 0.6 is 0 Å². The van der Waals surface area contributed by atoms with Gasteiger partial charge in [-0.1, -0.05) is 18.9 Å². The smallest absolute Gasteiger partial charge is 0.120 e. The summed E-state index contributed by atoms with van der Waals surface area (Å²) in [5.74, 6) is 0.455. The summed E-state index contributed by atoms with van der Waals surface area (Å²) in [6.07, 6.45) is 5.64. The average molecular weight is 288 g/mol. The second kappa shape index (κ2) is 6.37. The third-order valence-electron chi connectivity index (χ3n) is 5.34. The van der Waals surface area contributed by atoms with Crippen LogP contribution in [0.1, 0.15) is 42.4 Å². The van der Waals surface area contributed by atoms with E-state index >= 15 is 0 Å². The number of benzene rings is 1. The number of piperazine rings is 1. The topological polar surface area (TPSA) is 26.7 Å². The Morgan fingerprint density at radius 3 is 2.29 bits per heavy atom. The molecule has 0 atom stereocenters. The fourth-order valence-electron chi connectivity index (χ4n) is 3.78. The van der Waals surface area contributed by atoms with E-state index in [4.69, 9.17) is 0 Å². The molecule has 0 aromatic heterocycles. The van der Waals surface area contributed by atoms with Crippen molar-refractivity contribution in [3.8, 4) is 5.75 Å². The summed E-state index contributed by atoms with van der Waals surface area (Å²) in [7, 11) is 0. The first-order chi connectivity index (χ1) is 10.1. The van der Waals surface area contributed by atoms with Crippen molar-refractivity contribution in [3.05, 3.63) is 28.8 Å². The van der Waals surface area contributed by atoms with Crippen LogP contribution < -0.4 is 0 Å². The standard InChI is InChI=1S/C18H28N2O/c1-14-11-16(18(21)12-15(14)2)13-19-7-9-20(10-8-19)17-5-3-4-6-17/h11-12,17,21H,3-10,13H2,1-2H3. The molecule has 3 nitrogen and oxygen atoms in total. The molecule has 1 N–H and O–H groups in total. The third-order valence-corrected chi connectivity index (χ3v) is 5.34. The molecule has 116 valence electrons. The fraction of sp³-hybridized carbons (Fsp3) is 0.667. The van der Waals surface area contributed by atoms with E-state index < -0.39 is 0 Å². The largest absolute Gasteiger partial charge is 0.508 e. The number of hydrogen-bond acceptors (Lipinski definition) is 3. The maximum absolute atomic E-state index is 10.1. The first-order valence-electron chi connectivity index (χ1n) is 8.39. The van der Waals surface area contributed by atoms with Crippen LogP contribution in [0.5, 0.6) is 5.75 Å². The summed E-state index contributed by atoms with van der Waals surface area (Å²) in [5, 5.41) is 10.1. The van der Waals surface area contributed by atoms with Gasteiger partial charge in [0.05, 0.1) is 0 Å². The Hall–Kier alpha value is -1.06. The lowest BCUT2D eigenvalue weighted by atomic mass is 10.0.